The van der Waals surface area contributed by atoms with Crippen LogP contribution in [0, 0.1) is 0 Å². The molecule has 1 amide bonds. The van der Waals surface area contributed by atoms with Crippen molar-refractivity contribution in [3.63, 3.8) is 0 Å². The van der Waals surface area contributed by atoms with Gasteiger partial charge in [-0.1, -0.05) is 11.6 Å². The van der Waals surface area contributed by atoms with Gasteiger partial charge in [0.2, 0.25) is 15.9 Å². The van der Waals surface area contributed by atoms with Gasteiger partial charge in [-0.2, -0.15) is 4.72 Å². The molecule has 0 aliphatic carbocycles. The summed E-state index contributed by atoms with van der Waals surface area (Å²) in [7, 11) is -3.76. The fourth-order valence-electron chi connectivity index (χ4n) is 2.46. The van der Waals surface area contributed by atoms with Gasteiger partial charge >= 0.3 is 0 Å². The van der Waals surface area contributed by atoms with E-state index in [4.69, 9.17) is 16.3 Å². The number of nitrogens with one attached hydrogen (secondary N) is 2. The molecule has 0 radical (unpaired) electrons. The lowest BCUT2D eigenvalue weighted by molar-refractivity contribution is -0.122. The Balaban J connectivity index is 1.74. The first-order valence-corrected chi connectivity index (χ1v) is 10.1. The first-order chi connectivity index (χ1) is 11.9. The summed E-state index contributed by atoms with van der Waals surface area (Å²) in [6, 6.07) is 4.93. The van der Waals surface area contributed by atoms with E-state index in [1.165, 1.54) is 31.2 Å². The number of carbonyl (C=O) groups is 1. The van der Waals surface area contributed by atoms with Crippen molar-refractivity contribution in [1.29, 1.82) is 0 Å². The van der Waals surface area contributed by atoms with E-state index in [2.05, 4.69) is 14.9 Å². The molecule has 1 aromatic carbocycles. The molecule has 1 aromatic rings. The molecule has 1 heterocycles. The van der Waals surface area contributed by atoms with Crippen LogP contribution in [0.5, 0.6) is 0 Å². The van der Waals surface area contributed by atoms with Gasteiger partial charge < -0.3 is 10.1 Å². The Bertz CT molecular complexity index is 660. The third-order valence-electron chi connectivity index (χ3n) is 3.90. The van der Waals surface area contributed by atoms with Crippen molar-refractivity contribution in [2.45, 2.75) is 24.3 Å². The minimum atomic E-state index is -3.76. The Labute approximate surface area is 153 Å². The predicted octanol–water partition coefficient (Wildman–Crippen LogP) is 0.845. The summed E-state index contributed by atoms with van der Waals surface area (Å²) in [5, 5.41) is 3.21. The molecule has 7 nitrogen and oxygen atoms in total. The zero-order valence-corrected chi connectivity index (χ0v) is 15.8. The summed E-state index contributed by atoms with van der Waals surface area (Å²) in [6.45, 7) is 6.21. The van der Waals surface area contributed by atoms with E-state index in [9.17, 15) is 13.2 Å². The van der Waals surface area contributed by atoms with Gasteiger partial charge in [0.15, 0.2) is 0 Å². The summed E-state index contributed by atoms with van der Waals surface area (Å²) in [6.07, 6.45) is 0.808. The highest BCUT2D eigenvalue weighted by Crippen LogP contribution is 2.14. The second kappa shape index (κ2) is 9.49. The van der Waals surface area contributed by atoms with Gasteiger partial charge in [-0.05, 0) is 44.2 Å². The molecule has 25 heavy (non-hydrogen) atoms. The van der Waals surface area contributed by atoms with Crippen molar-refractivity contribution in [3.05, 3.63) is 29.3 Å². The van der Waals surface area contributed by atoms with Crippen LogP contribution in [0.2, 0.25) is 5.02 Å². The SMILES string of the molecule is C[C@H](NS(=O)(=O)c1ccc(Cl)cc1)C(=O)NCCCN1CCOCC1. The molecule has 0 bridgehead atoms. The van der Waals surface area contributed by atoms with E-state index in [0.29, 0.717) is 11.6 Å². The van der Waals surface area contributed by atoms with Crippen molar-refractivity contribution in [1.82, 2.24) is 14.9 Å². The normalized spacial score (nSPS) is 17.2. The summed E-state index contributed by atoms with van der Waals surface area (Å²) in [4.78, 5) is 14.4. The number of hydrogen-bond acceptors (Lipinski definition) is 5. The molecule has 2 N–H and O–H groups in total. The van der Waals surface area contributed by atoms with Crippen LogP contribution in [0.25, 0.3) is 0 Å². The fourth-order valence-corrected chi connectivity index (χ4v) is 3.79. The quantitative estimate of drug-likeness (QED) is 0.643. The van der Waals surface area contributed by atoms with Crippen LogP contribution < -0.4 is 10.0 Å². The van der Waals surface area contributed by atoms with Crippen molar-refractivity contribution in [2.75, 3.05) is 39.4 Å². The molecule has 0 saturated carbocycles. The molecule has 0 aromatic heterocycles. The Kier molecular flexibility index (Phi) is 7.64. The predicted molar refractivity (Wildman–Crippen MR) is 96.1 cm³/mol. The first kappa shape index (κ1) is 20.1. The molecule has 0 spiro atoms. The number of sulfonamides is 1. The van der Waals surface area contributed by atoms with E-state index in [0.717, 1.165) is 39.3 Å². The molecule has 1 aliphatic rings. The standard InChI is InChI=1S/C16H24ClN3O4S/c1-13(19-25(22,23)15-5-3-14(17)4-6-15)16(21)18-7-2-8-20-9-11-24-12-10-20/h3-6,13,19H,2,7-12H2,1H3,(H,18,21)/t13-/m0/s1. The second-order valence-electron chi connectivity index (χ2n) is 5.90. The molecule has 9 heteroatoms. The maximum absolute atomic E-state index is 12.2. The summed E-state index contributed by atoms with van der Waals surface area (Å²) >= 11 is 5.76. The fraction of sp³-hybridized carbons (Fsp3) is 0.562. The third kappa shape index (κ3) is 6.56. The maximum atomic E-state index is 12.2. The zero-order valence-electron chi connectivity index (χ0n) is 14.2. The van der Waals surface area contributed by atoms with Crippen molar-refractivity contribution >= 4 is 27.5 Å². The number of rotatable bonds is 8. The van der Waals surface area contributed by atoms with Crippen LogP contribution >= 0.6 is 11.6 Å². The molecule has 1 saturated heterocycles. The smallest absolute Gasteiger partial charge is 0.241 e. The van der Waals surface area contributed by atoms with E-state index in [1.54, 1.807) is 0 Å². The largest absolute Gasteiger partial charge is 0.379 e. The second-order valence-corrected chi connectivity index (χ2v) is 8.05. The maximum Gasteiger partial charge on any atom is 0.241 e. The van der Waals surface area contributed by atoms with E-state index in [1.807, 2.05) is 0 Å². The van der Waals surface area contributed by atoms with Crippen LogP contribution in [0.4, 0.5) is 0 Å². The van der Waals surface area contributed by atoms with E-state index < -0.39 is 16.1 Å². The highest BCUT2D eigenvalue weighted by Gasteiger charge is 2.21. The van der Waals surface area contributed by atoms with Crippen molar-refractivity contribution < 1.29 is 17.9 Å². The molecule has 0 unspecified atom stereocenters. The topological polar surface area (TPSA) is 87.7 Å². The number of nitrogens with zero attached hydrogens (tertiary/aromatic N) is 1. The number of carbonyl (C=O) groups excluding carboxylic acids is 1. The van der Waals surface area contributed by atoms with Crippen LogP contribution in [-0.2, 0) is 19.6 Å². The Morgan fingerprint density at radius 3 is 2.56 bits per heavy atom. The van der Waals surface area contributed by atoms with Gasteiger partial charge in [-0.25, -0.2) is 8.42 Å². The number of morpholine rings is 1. The van der Waals surface area contributed by atoms with E-state index >= 15 is 0 Å². The van der Waals surface area contributed by atoms with E-state index in [-0.39, 0.29) is 10.8 Å². The van der Waals surface area contributed by atoms with Gasteiger partial charge in [0.05, 0.1) is 24.2 Å². The number of amides is 1. The van der Waals surface area contributed by atoms with Crippen LogP contribution in [0.1, 0.15) is 13.3 Å². The Hall–Kier alpha value is -1.19. The first-order valence-electron chi connectivity index (χ1n) is 8.24. The molecule has 1 fully saturated rings. The van der Waals surface area contributed by atoms with Crippen LogP contribution in [0.3, 0.4) is 0 Å². The molecule has 1 atom stereocenters. The van der Waals surface area contributed by atoms with Gasteiger partial charge in [0.25, 0.3) is 0 Å². The highest BCUT2D eigenvalue weighted by atomic mass is 35.5. The molecule has 2 rings (SSSR count). The van der Waals surface area contributed by atoms with Crippen molar-refractivity contribution in [2.24, 2.45) is 0 Å². The van der Waals surface area contributed by atoms with Gasteiger partial charge in [0, 0.05) is 24.7 Å². The Morgan fingerprint density at radius 2 is 1.92 bits per heavy atom. The number of benzene rings is 1. The minimum absolute atomic E-state index is 0.0730. The molecular formula is C16H24ClN3O4S. The third-order valence-corrected chi connectivity index (χ3v) is 5.71. The summed E-state index contributed by atoms with van der Waals surface area (Å²) in [5.41, 5.74) is 0. The molecular weight excluding hydrogens is 366 g/mol. The Morgan fingerprint density at radius 1 is 1.28 bits per heavy atom. The minimum Gasteiger partial charge on any atom is -0.379 e. The van der Waals surface area contributed by atoms with Crippen LogP contribution in [-0.4, -0.2) is 64.7 Å². The monoisotopic (exact) mass is 389 g/mol. The summed E-state index contributed by atoms with van der Waals surface area (Å²) in [5.74, 6) is -0.348. The number of ether oxygens (including phenoxy) is 1. The summed E-state index contributed by atoms with van der Waals surface area (Å²) < 4.78 is 32.1. The average Bonchev–Trinajstić information content (AvgIpc) is 2.59. The average molecular weight is 390 g/mol. The lowest BCUT2D eigenvalue weighted by Crippen LogP contribution is -2.45. The molecule has 140 valence electrons. The molecule has 1 aliphatic heterocycles. The van der Waals surface area contributed by atoms with Gasteiger partial charge in [0.1, 0.15) is 0 Å². The number of halogens is 1. The van der Waals surface area contributed by atoms with Crippen LogP contribution in [0.15, 0.2) is 29.2 Å². The van der Waals surface area contributed by atoms with Crippen molar-refractivity contribution in [3.8, 4) is 0 Å². The lowest BCUT2D eigenvalue weighted by atomic mass is 10.3. The highest BCUT2D eigenvalue weighted by molar-refractivity contribution is 7.89. The zero-order chi connectivity index (χ0) is 18.3. The van der Waals surface area contributed by atoms with Gasteiger partial charge in [-0.15, -0.1) is 0 Å². The number of hydrogen-bond donors (Lipinski definition) is 2. The lowest BCUT2D eigenvalue weighted by Gasteiger charge is -2.26. The van der Waals surface area contributed by atoms with Gasteiger partial charge in [-0.3, -0.25) is 9.69 Å².